The number of carbonyl (C=O) groups is 5. The number of allylic oxidation sites excluding steroid dienone is 2. The number of rotatable bonds is 14. The SMILES string of the molecule is C=C1[C@@H]2[C@H](OC(C)=O)OC=C([C@H](OC(C)=O)[C@@H](C=C(C)C)OC(C)=O)[C@H]2CC/C(C)=C/[C@@H](OC(=O)[C@@](OC)(c2ccccc2)C(F)(F)F)[C@H]1OC(=O)[C@@](OC)(c1ccccc1)C(F)(F)F. The number of benzene rings is 2. The second-order valence-electron chi connectivity index (χ2n) is 15.5. The number of esters is 5. The average Bonchev–Trinajstić information content (AvgIpc) is 3.24. The minimum Gasteiger partial charge on any atom is -0.462 e. The van der Waals surface area contributed by atoms with Crippen molar-refractivity contribution in [2.75, 3.05) is 14.2 Å². The van der Waals surface area contributed by atoms with Gasteiger partial charge < -0.3 is 37.9 Å². The van der Waals surface area contributed by atoms with E-state index in [9.17, 15) is 24.0 Å². The van der Waals surface area contributed by atoms with E-state index in [0.717, 1.165) is 57.4 Å². The normalized spacial score (nSPS) is 23.7. The van der Waals surface area contributed by atoms with Gasteiger partial charge in [-0.05, 0) is 51.3 Å². The highest BCUT2D eigenvalue weighted by Crippen LogP contribution is 2.49. The lowest BCUT2D eigenvalue weighted by molar-refractivity contribution is -0.283. The highest BCUT2D eigenvalue weighted by Gasteiger charge is 2.66. The van der Waals surface area contributed by atoms with Crippen LogP contribution in [0.3, 0.4) is 0 Å². The predicted octanol–water partition coefficient (Wildman–Crippen LogP) is 8.18. The van der Waals surface area contributed by atoms with Crippen LogP contribution in [-0.2, 0) is 73.1 Å². The second-order valence-corrected chi connectivity index (χ2v) is 15.5. The topological polar surface area (TPSA) is 159 Å². The maximum atomic E-state index is 15.4. The summed E-state index contributed by atoms with van der Waals surface area (Å²) in [5, 5.41) is 0. The van der Waals surface area contributed by atoms with Crippen molar-refractivity contribution in [1.29, 1.82) is 0 Å². The summed E-state index contributed by atoms with van der Waals surface area (Å²) < 4.78 is 136. The molecule has 354 valence electrons. The van der Waals surface area contributed by atoms with Crippen LogP contribution in [0.4, 0.5) is 26.3 Å². The molecule has 65 heavy (non-hydrogen) atoms. The smallest absolute Gasteiger partial charge is 0.432 e. The molecule has 0 amide bonds. The van der Waals surface area contributed by atoms with Gasteiger partial charge in [-0.25, -0.2) is 9.59 Å². The third kappa shape index (κ3) is 11.1. The van der Waals surface area contributed by atoms with Crippen LogP contribution in [0.2, 0.25) is 0 Å². The average molecular weight is 925 g/mol. The molecule has 0 fully saturated rings. The van der Waals surface area contributed by atoms with Crippen LogP contribution in [0.1, 0.15) is 65.5 Å². The molecule has 2 aliphatic rings. The number of hydrogen-bond acceptors (Lipinski definition) is 13. The molecule has 0 saturated heterocycles. The summed E-state index contributed by atoms with van der Waals surface area (Å²) in [5.74, 6) is -9.58. The van der Waals surface area contributed by atoms with Crippen LogP contribution >= 0.6 is 0 Å². The van der Waals surface area contributed by atoms with Crippen molar-refractivity contribution in [1.82, 2.24) is 0 Å². The molecule has 4 rings (SSSR count). The van der Waals surface area contributed by atoms with E-state index in [-0.39, 0.29) is 24.0 Å². The third-order valence-electron chi connectivity index (χ3n) is 10.7. The molecule has 0 radical (unpaired) electrons. The Morgan fingerprint density at radius 3 is 1.65 bits per heavy atom. The Balaban J connectivity index is 2.06. The molecule has 2 aromatic carbocycles. The Bertz CT molecular complexity index is 2160. The highest BCUT2D eigenvalue weighted by atomic mass is 19.4. The summed E-state index contributed by atoms with van der Waals surface area (Å²) in [7, 11) is 1.18. The van der Waals surface area contributed by atoms with Crippen LogP contribution in [-0.4, -0.2) is 87.1 Å². The van der Waals surface area contributed by atoms with E-state index < -0.39 is 113 Å². The number of halogens is 6. The van der Waals surface area contributed by atoms with Crippen LogP contribution in [0.25, 0.3) is 0 Å². The lowest BCUT2D eigenvalue weighted by Gasteiger charge is -2.43. The third-order valence-corrected chi connectivity index (χ3v) is 10.7. The standard InChI is InChI=1S/C46H50F6O13/c1-25(2)22-35(61-28(5)53)39(62-29(6)54)34-24-60-40(63-30(7)55)37-27(4)38(65-42(57)44(59-9,46(50,51)52)32-18-14-11-15-19-32)36(23-26(3)20-21-33(34)37)64-41(56)43(58-8,45(47,48)49)31-16-12-10-13-17-31/h10-19,22-24,33,35-40H,4,20-21H2,1-3,5-9H3/b26-23+/t33-,35-,36-,37+,38+,39+,40+,43+,44+/m1/s1. The summed E-state index contributed by atoms with van der Waals surface area (Å²) >= 11 is 0. The van der Waals surface area contributed by atoms with Crippen LogP contribution in [0.5, 0.6) is 0 Å². The van der Waals surface area contributed by atoms with Gasteiger partial charge in [-0.3, -0.25) is 14.4 Å². The summed E-state index contributed by atoms with van der Waals surface area (Å²) in [6.07, 6.45) is -16.8. The van der Waals surface area contributed by atoms with E-state index in [4.69, 9.17) is 37.9 Å². The molecule has 2 aromatic rings. The lowest BCUT2D eigenvalue weighted by Crippen LogP contribution is -2.56. The molecule has 19 heteroatoms. The Labute approximate surface area is 371 Å². The summed E-state index contributed by atoms with van der Waals surface area (Å²) in [6, 6.07) is 11.2. The van der Waals surface area contributed by atoms with E-state index in [1.54, 1.807) is 13.8 Å². The Morgan fingerprint density at radius 2 is 1.22 bits per heavy atom. The molecule has 1 heterocycles. The number of methoxy groups -OCH3 is 2. The van der Waals surface area contributed by atoms with E-state index in [1.807, 2.05) is 0 Å². The number of carbonyl (C=O) groups excluding carboxylic acids is 5. The van der Waals surface area contributed by atoms with Gasteiger partial charge in [0.05, 0.1) is 12.2 Å². The second kappa shape index (κ2) is 20.9. The van der Waals surface area contributed by atoms with Gasteiger partial charge in [0.25, 0.3) is 17.5 Å². The fraction of sp³-hybridized carbons (Fsp3) is 0.457. The molecule has 0 saturated carbocycles. The van der Waals surface area contributed by atoms with Crippen molar-refractivity contribution >= 4 is 29.8 Å². The maximum absolute atomic E-state index is 15.4. The molecule has 0 bridgehead atoms. The molecule has 9 atom stereocenters. The van der Waals surface area contributed by atoms with Gasteiger partial charge in [0.1, 0.15) is 0 Å². The van der Waals surface area contributed by atoms with Gasteiger partial charge in [-0.2, -0.15) is 26.3 Å². The largest absolute Gasteiger partial charge is 0.462 e. The first-order valence-corrected chi connectivity index (χ1v) is 20.0. The quantitative estimate of drug-likeness (QED) is 0.0774. The Kier molecular flexibility index (Phi) is 16.6. The van der Waals surface area contributed by atoms with Crippen LogP contribution in [0.15, 0.2) is 108 Å². The molecular formula is C46H50F6O13. The van der Waals surface area contributed by atoms with E-state index in [0.29, 0.717) is 19.8 Å². The molecule has 1 aliphatic heterocycles. The predicted molar refractivity (Wildman–Crippen MR) is 216 cm³/mol. The molecular weight excluding hydrogens is 874 g/mol. The van der Waals surface area contributed by atoms with Gasteiger partial charge in [0.15, 0.2) is 24.4 Å². The summed E-state index contributed by atoms with van der Waals surface area (Å²) in [4.78, 5) is 66.5. The number of fused-ring (bicyclic) bond motifs is 1. The van der Waals surface area contributed by atoms with Crippen LogP contribution in [0, 0.1) is 11.8 Å². The fourth-order valence-corrected chi connectivity index (χ4v) is 7.90. The molecule has 1 aliphatic carbocycles. The number of ether oxygens (including phenoxy) is 8. The zero-order valence-corrected chi connectivity index (χ0v) is 36.7. The van der Waals surface area contributed by atoms with Crippen molar-refractivity contribution in [3.63, 3.8) is 0 Å². The monoisotopic (exact) mass is 924 g/mol. The van der Waals surface area contributed by atoms with Crippen molar-refractivity contribution in [2.24, 2.45) is 11.8 Å². The first kappa shape index (κ1) is 51.7. The van der Waals surface area contributed by atoms with Gasteiger partial charge in [-0.1, -0.05) is 78.4 Å². The van der Waals surface area contributed by atoms with Gasteiger partial charge in [0.2, 0.25) is 0 Å². The van der Waals surface area contributed by atoms with Gasteiger partial charge >= 0.3 is 42.2 Å². The van der Waals surface area contributed by atoms with Crippen molar-refractivity contribution in [3.05, 3.63) is 119 Å². The number of hydrogen-bond donors (Lipinski definition) is 0. The summed E-state index contributed by atoms with van der Waals surface area (Å²) in [6.45, 7) is 12.0. The van der Waals surface area contributed by atoms with E-state index >= 15 is 26.3 Å². The van der Waals surface area contributed by atoms with E-state index in [1.165, 1.54) is 49.4 Å². The van der Waals surface area contributed by atoms with Gasteiger partial charge in [0, 0.05) is 57.6 Å². The lowest BCUT2D eigenvalue weighted by atomic mass is 9.73. The molecule has 0 unspecified atom stereocenters. The minimum atomic E-state index is -5.58. The molecule has 0 aromatic heterocycles. The maximum Gasteiger partial charge on any atom is 0.432 e. The fourth-order valence-electron chi connectivity index (χ4n) is 7.90. The Morgan fingerprint density at radius 1 is 0.723 bits per heavy atom. The zero-order chi connectivity index (χ0) is 48.7. The number of alkyl halides is 6. The van der Waals surface area contributed by atoms with Gasteiger partial charge in [-0.15, -0.1) is 0 Å². The molecule has 0 spiro atoms. The van der Waals surface area contributed by atoms with Crippen molar-refractivity contribution in [3.8, 4) is 0 Å². The van der Waals surface area contributed by atoms with Crippen LogP contribution < -0.4 is 0 Å². The molecule has 13 nitrogen and oxygen atoms in total. The first-order chi connectivity index (χ1) is 30.4. The first-order valence-electron chi connectivity index (χ1n) is 20.0. The Hall–Kier alpha value is -5.95. The van der Waals surface area contributed by atoms with Crippen molar-refractivity contribution < 1.29 is 88.2 Å². The van der Waals surface area contributed by atoms with E-state index in [2.05, 4.69) is 6.58 Å². The van der Waals surface area contributed by atoms with Crippen molar-refractivity contribution in [2.45, 2.75) is 109 Å². The summed E-state index contributed by atoms with van der Waals surface area (Å²) in [5.41, 5.74) is -8.89. The molecule has 0 N–H and O–H groups in total. The highest BCUT2D eigenvalue weighted by molar-refractivity contribution is 5.84. The minimum absolute atomic E-state index is 0.0527. The zero-order valence-electron chi connectivity index (χ0n) is 36.7.